The van der Waals surface area contributed by atoms with Crippen molar-refractivity contribution in [1.82, 2.24) is 10.1 Å². The van der Waals surface area contributed by atoms with Crippen LogP contribution in [-0.4, -0.2) is 18.6 Å². The molecule has 0 saturated heterocycles. The van der Waals surface area contributed by atoms with Gasteiger partial charge >= 0.3 is 0 Å². The molecule has 0 amide bonds. The van der Waals surface area contributed by atoms with E-state index in [1.165, 1.54) is 11.3 Å². The lowest BCUT2D eigenvalue weighted by Crippen LogP contribution is -2.07. The minimum Gasteiger partial charge on any atom is -0.360 e. The van der Waals surface area contributed by atoms with Crippen LogP contribution in [0.4, 0.5) is 0 Å². The Bertz CT molecular complexity index is 883. The Balaban J connectivity index is 1.66. The smallest absolute Gasteiger partial charge is 0.163 e. The van der Waals surface area contributed by atoms with Gasteiger partial charge in [-0.25, -0.2) is 13.4 Å². The molecule has 3 rings (SSSR count). The van der Waals surface area contributed by atoms with Crippen LogP contribution in [0.1, 0.15) is 27.7 Å². The van der Waals surface area contributed by atoms with Crippen LogP contribution in [0.3, 0.4) is 0 Å². The summed E-state index contributed by atoms with van der Waals surface area (Å²) in [6.45, 7) is 1.76. The first kappa shape index (κ1) is 15.9. The van der Waals surface area contributed by atoms with Gasteiger partial charge < -0.3 is 4.52 Å². The van der Waals surface area contributed by atoms with E-state index in [0.29, 0.717) is 23.6 Å². The fourth-order valence-electron chi connectivity index (χ4n) is 2.24. The highest BCUT2D eigenvalue weighted by Gasteiger charge is 2.18. The zero-order valence-electron chi connectivity index (χ0n) is 12.6. The highest BCUT2D eigenvalue weighted by molar-refractivity contribution is 7.89. The lowest BCUT2D eigenvalue weighted by molar-refractivity contribution is 0.388. The first-order valence-corrected chi connectivity index (χ1v) is 9.80. The van der Waals surface area contributed by atoms with Gasteiger partial charge in [0, 0.05) is 17.9 Å². The minimum absolute atomic E-state index is 0.0853. The second-order valence-electron chi connectivity index (χ2n) is 5.36. The number of aromatic nitrogens is 2. The molecule has 7 heteroatoms. The molecule has 3 aromatic rings. The molecule has 0 radical (unpaired) electrons. The Morgan fingerprint density at radius 1 is 1.17 bits per heavy atom. The summed E-state index contributed by atoms with van der Waals surface area (Å²) in [5.74, 6) is 0.125. The number of benzene rings is 1. The van der Waals surface area contributed by atoms with Crippen LogP contribution in [0.5, 0.6) is 0 Å². The van der Waals surface area contributed by atoms with E-state index in [9.17, 15) is 8.42 Å². The first-order valence-electron chi connectivity index (χ1n) is 7.10. The van der Waals surface area contributed by atoms with Crippen LogP contribution in [-0.2, 0) is 27.8 Å². The first-order chi connectivity index (χ1) is 11.0. The Labute approximate surface area is 138 Å². The van der Waals surface area contributed by atoms with Crippen molar-refractivity contribution < 1.29 is 12.9 Å². The number of nitrogens with zero attached hydrogens (tertiary/aromatic N) is 2. The van der Waals surface area contributed by atoms with Crippen molar-refractivity contribution in [3.63, 3.8) is 0 Å². The van der Waals surface area contributed by atoms with Crippen molar-refractivity contribution in [3.05, 3.63) is 69.5 Å². The van der Waals surface area contributed by atoms with E-state index in [2.05, 4.69) is 10.1 Å². The molecule has 2 heterocycles. The maximum atomic E-state index is 12.2. The van der Waals surface area contributed by atoms with Crippen molar-refractivity contribution in [2.24, 2.45) is 0 Å². The maximum Gasteiger partial charge on any atom is 0.163 e. The summed E-state index contributed by atoms with van der Waals surface area (Å²) in [5.41, 5.74) is 2.42. The van der Waals surface area contributed by atoms with Gasteiger partial charge in [0.05, 0.1) is 22.1 Å². The Hall–Kier alpha value is -1.99. The number of aryl methyl sites for hydroxylation is 1. The van der Waals surface area contributed by atoms with Gasteiger partial charge in [0.2, 0.25) is 0 Å². The molecular formula is C16H16N2O3S2. The van der Waals surface area contributed by atoms with Gasteiger partial charge in [0.25, 0.3) is 0 Å². The largest absolute Gasteiger partial charge is 0.360 e. The third-order valence-corrected chi connectivity index (χ3v) is 5.56. The van der Waals surface area contributed by atoms with Gasteiger partial charge in [-0.1, -0.05) is 35.5 Å². The molecule has 0 saturated carbocycles. The lowest BCUT2D eigenvalue weighted by Gasteiger charge is -1.99. The van der Waals surface area contributed by atoms with Crippen LogP contribution >= 0.6 is 11.3 Å². The molecule has 2 aromatic heterocycles. The molecule has 0 bridgehead atoms. The van der Waals surface area contributed by atoms with E-state index in [-0.39, 0.29) is 11.5 Å². The number of thiazole rings is 1. The zero-order chi connectivity index (χ0) is 16.3. The van der Waals surface area contributed by atoms with Crippen molar-refractivity contribution >= 4 is 21.2 Å². The van der Waals surface area contributed by atoms with Crippen LogP contribution in [0.15, 0.2) is 46.3 Å². The fraction of sp³-hybridized carbons (Fsp3) is 0.250. The van der Waals surface area contributed by atoms with Crippen LogP contribution in [0, 0.1) is 6.92 Å². The SMILES string of the molecule is Cc1cc(CS(=O)(=O)Cc2csc(Cc3ccccc3)n2)on1. The quantitative estimate of drug-likeness (QED) is 0.684. The standard InChI is InChI=1S/C16H16N2O3S2/c1-12-7-15(21-18-12)11-23(19,20)10-14-9-22-16(17-14)8-13-5-3-2-4-6-13/h2-7,9H,8,10-11H2,1H3. The monoisotopic (exact) mass is 348 g/mol. The highest BCUT2D eigenvalue weighted by Crippen LogP contribution is 2.18. The van der Waals surface area contributed by atoms with Crippen LogP contribution in [0.2, 0.25) is 0 Å². The third-order valence-electron chi connectivity index (χ3n) is 3.20. The summed E-state index contributed by atoms with van der Waals surface area (Å²) in [5, 5.41) is 6.43. The van der Waals surface area contributed by atoms with Crippen molar-refractivity contribution in [2.45, 2.75) is 24.9 Å². The number of sulfone groups is 1. The van der Waals surface area contributed by atoms with Crippen molar-refractivity contribution in [3.8, 4) is 0 Å². The molecule has 0 fully saturated rings. The summed E-state index contributed by atoms with van der Waals surface area (Å²) in [7, 11) is -3.32. The molecule has 1 aromatic carbocycles. The molecule has 5 nitrogen and oxygen atoms in total. The average Bonchev–Trinajstić information content (AvgIpc) is 3.08. The normalized spacial score (nSPS) is 11.7. The third kappa shape index (κ3) is 4.49. The maximum absolute atomic E-state index is 12.2. The number of hydrogen-bond acceptors (Lipinski definition) is 6. The lowest BCUT2D eigenvalue weighted by atomic mass is 10.2. The van der Waals surface area contributed by atoms with E-state index < -0.39 is 9.84 Å². The van der Waals surface area contributed by atoms with E-state index in [0.717, 1.165) is 10.6 Å². The Morgan fingerprint density at radius 2 is 1.96 bits per heavy atom. The van der Waals surface area contributed by atoms with E-state index >= 15 is 0 Å². The van der Waals surface area contributed by atoms with E-state index in [1.54, 1.807) is 13.0 Å². The summed E-state index contributed by atoms with van der Waals surface area (Å²) >= 11 is 1.48. The molecule has 0 aliphatic heterocycles. The number of hydrogen-bond donors (Lipinski definition) is 0. The van der Waals surface area contributed by atoms with Gasteiger partial charge in [-0.05, 0) is 12.5 Å². The van der Waals surface area contributed by atoms with Gasteiger partial charge in [-0.2, -0.15) is 0 Å². The molecule has 0 aliphatic rings. The van der Waals surface area contributed by atoms with Crippen molar-refractivity contribution in [1.29, 1.82) is 0 Å². The summed E-state index contributed by atoms with van der Waals surface area (Å²) in [6.07, 6.45) is 0.715. The summed E-state index contributed by atoms with van der Waals surface area (Å²) < 4.78 is 29.4. The molecule has 0 N–H and O–H groups in total. The summed E-state index contributed by atoms with van der Waals surface area (Å²) in [6, 6.07) is 11.6. The second kappa shape index (κ2) is 6.64. The molecule has 23 heavy (non-hydrogen) atoms. The van der Waals surface area contributed by atoms with Gasteiger partial charge in [-0.3, -0.25) is 0 Å². The predicted molar refractivity (Wildman–Crippen MR) is 88.9 cm³/mol. The fourth-order valence-corrected chi connectivity index (χ4v) is 4.45. The Kier molecular flexibility index (Phi) is 4.58. The average molecular weight is 348 g/mol. The topological polar surface area (TPSA) is 73.1 Å². The molecule has 120 valence electrons. The molecule has 0 spiro atoms. The van der Waals surface area contributed by atoms with Crippen LogP contribution in [0.25, 0.3) is 0 Å². The van der Waals surface area contributed by atoms with Crippen molar-refractivity contribution in [2.75, 3.05) is 0 Å². The number of rotatable bonds is 6. The van der Waals surface area contributed by atoms with Gasteiger partial charge in [-0.15, -0.1) is 11.3 Å². The summed E-state index contributed by atoms with van der Waals surface area (Å²) in [4.78, 5) is 4.43. The van der Waals surface area contributed by atoms with E-state index in [4.69, 9.17) is 4.52 Å². The Morgan fingerprint density at radius 3 is 2.65 bits per heavy atom. The van der Waals surface area contributed by atoms with Gasteiger partial charge in [0.1, 0.15) is 5.75 Å². The zero-order valence-corrected chi connectivity index (χ0v) is 14.2. The molecule has 0 unspecified atom stereocenters. The van der Waals surface area contributed by atoms with Gasteiger partial charge in [0.15, 0.2) is 15.6 Å². The predicted octanol–water partition coefficient (Wildman–Crippen LogP) is 3.15. The molecular weight excluding hydrogens is 332 g/mol. The van der Waals surface area contributed by atoms with Crippen LogP contribution < -0.4 is 0 Å². The second-order valence-corrected chi connectivity index (χ2v) is 8.37. The molecule has 0 atom stereocenters. The van der Waals surface area contributed by atoms with E-state index in [1.807, 2.05) is 35.7 Å². The minimum atomic E-state index is -3.32. The molecule has 0 aliphatic carbocycles. The highest BCUT2D eigenvalue weighted by atomic mass is 32.2.